The summed E-state index contributed by atoms with van der Waals surface area (Å²) in [5, 5.41) is 14.3. The van der Waals surface area contributed by atoms with Crippen LogP contribution in [0, 0.1) is 0 Å². The second kappa shape index (κ2) is 7.41. The predicted molar refractivity (Wildman–Crippen MR) is 73.4 cm³/mol. The van der Waals surface area contributed by atoms with E-state index in [2.05, 4.69) is 10.6 Å². The molecule has 0 saturated carbocycles. The zero-order valence-electron chi connectivity index (χ0n) is 11.3. The van der Waals surface area contributed by atoms with Gasteiger partial charge in [0.15, 0.2) is 0 Å². The van der Waals surface area contributed by atoms with Crippen LogP contribution in [0.15, 0.2) is 24.3 Å². The Hall–Kier alpha value is -2.04. The summed E-state index contributed by atoms with van der Waals surface area (Å²) >= 11 is 0. The summed E-state index contributed by atoms with van der Waals surface area (Å²) in [5.41, 5.74) is 1.26. The fraction of sp³-hybridized carbons (Fsp3) is 0.429. The molecule has 0 aliphatic heterocycles. The smallest absolute Gasteiger partial charge is 0.335 e. The van der Waals surface area contributed by atoms with Crippen LogP contribution in [0.1, 0.15) is 36.2 Å². The normalized spacial score (nSPS) is 11.7. The summed E-state index contributed by atoms with van der Waals surface area (Å²) < 4.78 is 0. The maximum atomic E-state index is 11.4. The first-order valence-electron chi connectivity index (χ1n) is 6.39. The third-order valence-electron chi connectivity index (χ3n) is 2.89. The number of amides is 2. The molecule has 0 bridgehead atoms. The van der Waals surface area contributed by atoms with E-state index in [4.69, 9.17) is 5.11 Å². The number of urea groups is 1. The van der Waals surface area contributed by atoms with Crippen molar-refractivity contribution in [1.29, 1.82) is 0 Å². The molecule has 0 aliphatic rings. The number of aromatic carboxylic acids is 1. The molecule has 19 heavy (non-hydrogen) atoms. The van der Waals surface area contributed by atoms with Crippen LogP contribution in [0.5, 0.6) is 0 Å². The molecule has 5 nitrogen and oxygen atoms in total. The Balaban J connectivity index is 2.33. The van der Waals surface area contributed by atoms with Crippen molar-refractivity contribution in [3.63, 3.8) is 0 Å². The van der Waals surface area contributed by atoms with E-state index in [0.717, 1.165) is 12.0 Å². The first-order chi connectivity index (χ1) is 9.02. The molecule has 1 rings (SSSR count). The molecule has 0 aliphatic carbocycles. The van der Waals surface area contributed by atoms with Crippen LogP contribution < -0.4 is 10.6 Å². The lowest BCUT2D eigenvalue weighted by atomic mass is 10.1. The van der Waals surface area contributed by atoms with Gasteiger partial charge in [0.05, 0.1) is 5.56 Å². The summed E-state index contributed by atoms with van der Waals surface area (Å²) in [5.74, 6) is -0.933. The van der Waals surface area contributed by atoms with Crippen molar-refractivity contribution in [2.24, 2.45) is 0 Å². The maximum absolute atomic E-state index is 11.4. The lowest BCUT2D eigenvalue weighted by Gasteiger charge is -2.12. The summed E-state index contributed by atoms with van der Waals surface area (Å²) in [4.78, 5) is 22.1. The molecular weight excluding hydrogens is 244 g/mol. The van der Waals surface area contributed by atoms with Crippen LogP contribution in [-0.4, -0.2) is 29.7 Å². The summed E-state index contributed by atoms with van der Waals surface area (Å²) in [7, 11) is 0. The van der Waals surface area contributed by atoms with E-state index < -0.39 is 5.97 Å². The Morgan fingerprint density at radius 3 is 2.42 bits per heavy atom. The monoisotopic (exact) mass is 264 g/mol. The van der Waals surface area contributed by atoms with Gasteiger partial charge >= 0.3 is 12.0 Å². The van der Waals surface area contributed by atoms with Crippen molar-refractivity contribution in [1.82, 2.24) is 10.6 Å². The number of rotatable bonds is 6. The molecule has 0 spiro atoms. The van der Waals surface area contributed by atoms with E-state index in [9.17, 15) is 9.59 Å². The average Bonchev–Trinajstić information content (AvgIpc) is 2.39. The highest BCUT2D eigenvalue weighted by atomic mass is 16.4. The number of benzene rings is 1. The van der Waals surface area contributed by atoms with E-state index in [-0.39, 0.29) is 17.6 Å². The molecule has 104 valence electrons. The SMILES string of the molecule is CCC(C)NC(=O)NCCc1ccc(C(=O)O)cc1. The second-order valence-corrected chi connectivity index (χ2v) is 4.46. The fourth-order valence-electron chi connectivity index (χ4n) is 1.51. The zero-order valence-corrected chi connectivity index (χ0v) is 11.3. The molecule has 0 saturated heterocycles. The van der Waals surface area contributed by atoms with Gasteiger partial charge in [0.1, 0.15) is 0 Å². The Kier molecular flexibility index (Phi) is 5.85. The minimum absolute atomic E-state index is 0.162. The van der Waals surface area contributed by atoms with Gasteiger partial charge in [-0.15, -0.1) is 0 Å². The van der Waals surface area contributed by atoms with Crippen molar-refractivity contribution in [2.45, 2.75) is 32.7 Å². The Morgan fingerprint density at radius 1 is 1.26 bits per heavy atom. The number of nitrogens with one attached hydrogen (secondary N) is 2. The molecule has 0 aromatic heterocycles. The van der Waals surface area contributed by atoms with Crippen LogP contribution in [0.25, 0.3) is 0 Å². The van der Waals surface area contributed by atoms with E-state index in [1.165, 1.54) is 0 Å². The molecule has 1 unspecified atom stereocenters. The van der Waals surface area contributed by atoms with E-state index in [1.54, 1.807) is 24.3 Å². The number of carbonyl (C=O) groups is 2. The van der Waals surface area contributed by atoms with Gasteiger partial charge in [0.25, 0.3) is 0 Å². The van der Waals surface area contributed by atoms with E-state index in [0.29, 0.717) is 13.0 Å². The minimum atomic E-state index is -0.933. The van der Waals surface area contributed by atoms with Gasteiger partial charge in [0, 0.05) is 12.6 Å². The van der Waals surface area contributed by atoms with Gasteiger partial charge in [-0.1, -0.05) is 19.1 Å². The average molecular weight is 264 g/mol. The van der Waals surface area contributed by atoms with Crippen molar-refractivity contribution < 1.29 is 14.7 Å². The standard InChI is InChI=1S/C14H20N2O3/c1-3-10(2)16-14(19)15-9-8-11-4-6-12(7-5-11)13(17)18/h4-7,10H,3,8-9H2,1-2H3,(H,17,18)(H2,15,16,19). The summed E-state index contributed by atoms with van der Waals surface area (Å²) in [6, 6.07) is 6.65. The van der Waals surface area contributed by atoms with Gasteiger partial charge in [-0.25, -0.2) is 9.59 Å². The zero-order chi connectivity index (χ0) is 14.3. The molecule has 0 fully saturated rings. The molecule has 2 amide bonds. The highest BCUT2D eigenvalue weighted by Crippen LogP contribution is 2.04. The number of hydrogen-bond donors (Lipinski definition) is 3. The molecule has 0 heterocycles. The quantitative estimate of drug-likeness (QED) is 0.735. The summed E-state index contributed by atoms with van der Waals surface area (Å²) in [6.45, 7) is 4.48. The Labute approximate surface area is 113 Å². The summed E-state index contributed by atoms with van der Waals surface area (Å²) in [6.07, 6.45) is 1.57. The lowest BCUT2D eigenvalue weighted by Crippen LogP contribution is -2.41. The number of hydrogen-bond acceptors (Lipinski definition) is 2. The third-order valence-corrected chi connectivity index (χ3v) is 2.89. The largest absolute Gasteiger partial charge is 0.478 e. The van der Waals surface area contributed by atoms with E-state index in [1.807, 2.05) is 13.8 Å². The van der Waals surface area contributed by atoms with Gasteiger partial charge in [-0.05, 0) is 37.5 Å². The van der Waals surface area contributed by atoms with Crippen LogP contribution in [0.4, 0.5) is 4.79 Å². The predicted octanol–water partition coefficient (Wildman–Crippen LogP) is 2.02. The molecule has 5 heteroatoms. The topological polar surface area (TPSA) is 78.4 Å². The second-order valence-electron chi connectivity index (χ2n) is 4.46. The Morgan fingerprint density at radius 2 is 1.89 bits per heavy atom. The fourth-order valence-corrected chi connectivity index (χ4v) is 1.51. The minimum Gasteiger partial charge on any atom is -0.478 e. The number of carboxylic acid groups (broad SMARTS) is 1. The molecule has 1 aromatic rings. The van der Waals surface area contributed by atoms with Crippen LogP contribution in [0.2, 0.25) is 0 Å². The van der Waals surface area contributed by atoms with Crippen LogP contribution in [-0.2, 0) is 6.42 Å². The van der Waals surface area contributed by atoms with Crippen LogP contribution in [0.3, 0.4) is 0 Å². The lowest BCUT2D eigenvalue weighted by molar-refractivity contribution is 0.0697. The van der Waals surface area contributed by atoms with E-state index >= 15 is 0 Å². The van der Waals surface area contributed by atoms with Gasteiger partial charge in [-0.2, -0.15) is 0 Å². The molecule has 1 atom stereocenters. The first-order valence-corrected chi connectivity index (χ1v) is 6.39. The first kappa shape index (κ1) is 15.0. The number of carbonyl (C=O) groups excluding carboxylic acids is 1. The van der Waals surface area contributed by atoms with Crippen LogP contribution >= 0.6 is 0 Å². The maximum Gasteiger partial charge on any atom is 0.335 e. The van der Waals surface area contributed by atoms with Gasteiger partial charge in [-0.3, -0.25) is 0 Å². The third kappa shape index (κ3) is 5.42. The highest BCUT2D eigenvalue weighted by Gasteiger charge is 2.05. The molecule has 3 N–H and O–H groups in total. The number of carboxylic acids is 1. The van der Waals surface area contributed by atoms with Crippen molar-refractivity contribution in [3.05, 3.63) is 35.4 Å². The van der Waals surface area contributed by atoms with Crippen molar-refractivity contribution in [3.8, 4) is 0 Å². The molecular formula is C14H20N2O3. The van der Waals surface area contributed by atoms with Crippen molar-refractivity contribution in [2.75, 3.05) is 6.54 Å². The van der Waals surface area contributed by atoms with Gasteiger partial charge < -0.3 is 15.7 Å². The van der Waals surface area contributed by atoms with Gasteiger partial charge in [0.2, 0.25) is 0 Å². The molecule has 0 radical (unpaired) electrons. The Bertz CT molecular complexity index is 429. The molecule has 1 aromatic carbocycles. The highest BCUT2D eigenvalue weighted by molar-refractivity contribution is 5.87. The van der Waals surface area contributed by atoms with Crippen molar-refractivity contribution >= 4 is 12.0 Å².